The van der Waals surface area contributed by atoms with E-state index >= 15 is 0 Å². The van der Waals surface area contributed by atoms with Crippen molar-refractivity contribution in [1.29, 1.82) is 5.26 Å². The highest BCUT2D eigenvalue weighted by molar-refractivity contribution is 6.35. The van der Waals surface area contributed by atoms with Crippen LogP contribution in [-0.4, -0.2) is 0 Å². The maximum Gasteiger partial charge on any atom is 0.0693 e. The minimum absolute atomic E-state index is 0.197. The van der Waals surface area contributed by atoms with E-state index < -0.39 is 0 Å². The second-order valence-corrected chi connectivity index (χ2v) is 5.36. The highest BCUT2D eigenvalue weighted by atomic mass is 35.5. The van der Waals surface area contributed by atoms with Gasteiger partial charge in [-0.1, -0.05) is 42.1 Å². The molecule has 1 nitrogen and oxygen atoms in total. The number of rotatable bonds is 2. The predicted molar refractivity (Wildman–Crippen MR) is 66.7 cm³/mol. The SMILES string of the molecule is N#CC1(Cc2ccc(Cl)cc2Cl)CCCC1. The van der Waals surface area contributed by atoms with Gasteiger partial charge in [-0.05, 0) is 37.0 Å². The Morgan fingerprint density at radius 1 is 1.25 bits per heavy atom. The Morgan fingerprint density at radius 3 is 2.50 bits per heavy atom. The van der Waals surface area contributed by atoms with Crippen LogP contribution in [0.25, 0.3) is 0 Å². The molecule has 2 rings (SSSR count). The van der Waals surface area contributed by atoms with Crippen LogP contribution >= 0.6 is 23.2 Å². The lowest BCUT2D eigenvalue weighted by atomic mass is 9.81. The van der Waals surface area contributed by atoms with Crippen molar-refractivity contribution in [2.45, 2.75) is 32.1 Å². The van der Waals surface area contributed by atoms with Gasteiger partial charge in [0, 0.05) is 10.0 Å². The van der Waals surface area contributed by atoms with Crippen LogP contribution in [0.1, 0.15) is 31.2 Å². The summed E-state index contributed by atoms with van der Waals surface area (Å²) in [7, 11) is 0. The van der Waals surface area contributed by atoms with Crippen LogP contribution in [0.4, 0.5) is 0 Å². The highest BCUT2D eigenvalue weighted by Gasteiger charge is 2.34. The summed E-state index contributed by atoms with van der Waals surface area (Å²) in [5.41, 5.74) is 0.840. The van der Waals surface area contributed by atoms with E-state index in [1.807, 2.05) is 12.1 Å². The molecule has 1 aliphatic rings. The lowest BCUT2D eigenvalue weighted by Crippen LogP contribution is -2.17. The standard InChI is InChI=1S/C13H13Cl2N/c14-11-4-3-10(12(15)7-11)8-13(9-16)5-1-2-6-13/h3-4,7H,1-2,5-6,8H2. The Kier molecular flexibility index (Phi) is 3.42. The molecule has 0 saturated heterocycles. The second-order valence-electron chi connectivity index (χ2n) is 4.51. The first-order valence-electron chi connectivity index (χ1n) is 5.50. The van der Waals surface area contributed by atoms with E-state index in [2.05, 4.69) is 6.07 Å². The first kappa shape index (κ1) is 11.8. The van der Waals surface area contributed by atoms with Crippen molar-refractivity contribution in [3.05, 3.63) is 33.8 Å². The van der Waals surface area contributed by atoms with Gasteiger partial charge in [-0.3, -0.25) is 0 Å². The number of nitriles is 1. The maximum absolute atomic E-state index is 9.30. The van der Waals surface area contributed by atoms with Crippen LogP contribution in [0, 0.1) is 16.7 Å². The summed E-state index contributed by atoms with van der Waals surface area (Å²) in [6.45, 7) is 0. The highest BCUT2D eigenvalue weighted by Crippen LogP contribution is 2.41. The number of hydrogen-bond donors (Lipinski definition) is 0. The fourth-order valence-corrected chi connectivity index (χ4v) is 2.88. The average molecular weight is 254 g/mol. The summed E-state index contributed by atoms with van der Waals surface area (Å²) in [4.78, 5) is 0. The van der Waals surface area contributed by atoms with E-state index in [1.54, 1.807) is 6.07 Å². The van der Waals surface area contributed by atoms with Crippen LogP contribution in [0.15, 0.2) is 18.2 Å². The van der Waals surface area contributed by atoms with E-state index in [4.69, 9.17) is 23.2 Å². The third-order valence-corrected chi connectivity index (χ3v) is 3.93. The van der Waals surface area contributed by atoms with Crippen molar-refractivity contribution in [2.75, 3.05) is 0 Å². The quantitative estimate of drug-likeness (QED) is 0.755. The van der Waals surface area contributed by atoms with E-state index in [0.29, 0.717) is 10.0 Å². The van der Waals surface area contributed by atoms with E-state index in [9.17, 15) is 5.26 Å². The first-order valence-corrected chi connectivity index (χ1v) is 6.26. The van der Waals surface area contributed by atoms with Gasteiger partial charge in [-0.15, -0.1) is 0 Å². The molecule has 0 spiro atoms. The largest absolute Gasteiger partial charge is 0.198 e. The molecule has 16 heavy (non-hydrogen) atoms. The van der Waals surface area contributed by atoms with E-state index in [0.717, 1.165) is 37.7 Å². The number of benzene rings is 1. The van der Waals surface area contributed by atoms with Gasteiger partial charge in [0.2, 0.25) is 0 Å². The molecule has 1 aromatic carbocycles. The summed E-state index contributed by atoms with van der Waals surface area (Å²) in [6.07, 6.45) is 5.03. The molecule has 0 heterocycles. The molecule has 0 aromatic heterocycles. The molecule has 0 amide bonds. The minimum Gasteiger partial charge on any atom is -0.198 e. The smallest absolute Gasteiger partial charge is 0.0693 e. The molecule has 0 N–H and O–H groups in total. The van der Waals surface area contributed by atoms with Crippen molar-refractivity contribution in [3.63, 3.8) is 0 Å². The summed E-state index contributed by atoms with van der Waals surface area (Å²) >= 11 is 12.0. The Balaban J connectivity index is 2.23. The van der Waals surface area contributed by atoms with Gasteiger partial charge in [0.05, 0.1) is 11.5 Å². The monoisotopic (exact) mass is 253 g/mol. The van der Waals surface area contributed by atoms with Crippen LogP contribution < -0.4 is 0 Å². The number of nitrogens with zero attached hydrogens (tertiary/aromatic N) is 1. The molecule has 0 unspecified atom stereocenters. The van der Waals surface area contributed by atoms with Crippen molar-refractivity contribution in [3.8, 4) is 6.07 Å². The Bertz CT molecular complexity index is 428. The lowest BCUT2D eigenvalue weighted by Gasteiger charge is -2.20. The fourth-order valence-electron chi connectivity index (χ4n) is 2.41. The summed E-state index contributed by atoms with van der Waals surface area (Å²) in [6, 6.07) is 7.99. The van der Waals surface area contributed by atoms with Crippen LogP contribution in [0.3, 0.4) is 0 Å². The van der Waals surface area contributed by atoms with Gasteiger partial charge in [0.15, 0.2) is 0 Å². The van der Waals surface area contributed by atoms with Crippen LogP contribution in [-0.2, 0) is 6.42 Å². The molecule has 84 valence electrons. The molecule has 0 radical (unpaired) electrons. The minimum atomic E-state index is -0.197. The summed E-state index contributed by atoms with van der Waals surface area (Å²) in [5.74, 6) is 0. The van der Waals surface area contributed by atoms with Gasteiger partial charge in [0.1, 0.15) is 0 Å². The Labute approximate surface area is 106 Å². The van der Waals surface area contributed by atoms with Crippen molar-refractivity contribution < 1.29 is 0 Å². The molecule has 3 heteroatoms. The Morgan fingerprint density at radius 2 is 1.94 bits per heavy atom. The molecule has 0 bridgehead atoms. The fraction of sp³-hybridized carbons (Fsp3) is 0.462. The van der Waals surface area contributed by atoms with Crippen molar-refractivity contribution in [1.82, 2.24) is 0 Å². The van der Waals surface area contributed by atoms with Gasteiger partial charge in [-0.25, -0.2) is 0 Å². The molecule has 0 atom stereocenters. The Hall–Kier alpha value is -0.710. The molecule has 1 aliphatic carbocycles. The topological polar surface area (TPSA) is 23.8 Å². The summed E-state index contributed by atoms with van der Waals surface area (Å²) < 4.78 is 0. The number of halogens is 2. The molecular formula is C13H13Cl2N. The van der Waals surface area contributed by atoms with Gasteiger partial charge in [0.25, 0.3) is 0 Å². The third kappa shape index (κ3) is 2.34. The van der Waals surface area contributed by atoms with Gasteiger partial charge < -0.3 is 0 Å². The zero-order chi connectivity index (χ0) is 11.6. The average Bonchev–Trinajstić information content (AvgIpc) is 2.72. The van der Waals surface area contributed by atoms with E-state index in [1.165, 1.54) is 0 Å². The van der Waals surface area contributed by atoms with Crippen molar-refractivity contribution in [2.24, 2.45) is 5.41 Å². The summed E-state index contributed by atoms with van der Waals surface area (Å²) in [5, 5.41) is 10.6. The predicted octanol–water partition coefficient (Wildman–Crippen LogP) is 4.62. The molecule has 1 aromatic rings. The van der Waals surface area contributed by atoms with E-state index in [-0.39, 0.29) is 5.41 Å². The zero-order valence-corrected chi connectivity index (χ0v) is 10.5. The maximum atomic E-state index is 9.30. The molecule has 0 aliphatic heterocycles. The van der Waals surface area contributed by atoms with Gasteiger partial charge >= 0.3 is 0 Å². The first-order chi connectivity index (χ1) is 7.65. The zero-order valence-electron chi connectivity index (χ0n) is 8.97. The molecule has 1 saturated carbocycles. The lowest BCUT2D eigenvalue weighted by molar-refractivity contribution is 0.408. The van der Waals surface area contributed by atoms with Crippen molar-refractivity contribution >= 4 is 23.2 Å². The third-order valence-electron chi connectivity index (χ3n) is 3.34. The second kappa shape index (κ2) is 4.65. The van der Waals surface area contributed by atoms with Crippen LogP contribution in [0.2, 0.25) is 10.0 Å². The van der Waals surface area contributed by atoms with Gasteiger partial charge in [-0.2, -0.15) is 5.26 Å². The van der Waals surface area contributed by atoms with Crippen LogP contribution in [0.5, 0.6) is 0 Å². The molecule has 1 fully saturated rings. The normalized spacial score (nSPS) is 18.3. The molecular weight excluding hydrogens is 241 g/mol. The number of hydrogen-bond acceptors (Lipinski definition) is 1.